The molecule has 0 unspecified atom stereocenters. The number of hydrogen-bond donors (Lipinski definition) is 1. The van der Waals surface area contributed by atoms with Gasteiger partial charge in [0.1, 0.15) is 0 Å². The zero-order valence-electron chi connectivity index (χ0n) is 10.6. The summed E-state index contributed by atoms with van der Waals surface area (Å²) in [5.74, 6) is 1.25. The predicted octanol–water partition coefficient (Wildman–Crippen LogP) is 2.92. The summed E-state index contributed by atoms with van der Waals surface area (Å²) in [5.41, 5.74) is 8.35. The second-order valence-electron chi connectivity index (χ2n) is 5.24. The molecule has 0 aliphatic carbocycles. The Morgan fingerprint density at radius 2 is 1.94 bits per heavy atom. The van der Waals surface area contributed by atoms with Crippen LogP contribution in [-0.4, -0.2) is 10.1 Å². The molecule has 0 radical (unpaired) electrons. The van der Waals surface area contributed by atoms with Gasteiger partial charge in [0.15, 0.2) is 5.82 Å². The monoisotopic (exact) mass is 231 g/mol. The Morgan fingerprint density at radius 1 is 1.24 bits per heavy atom. The molecule has 2 rings (SSSR count). The van der Waals surface area contributed by atoms with Crippen molar-refractivity contribution < 1.29 is 4.52 Å². The lowest BCUT2D eigenvalue weighted by Crippen LogP contribution is -2.13. The number of anilines is 1. The van der Waals surface area contributed by atoms with Crippen molar-refractivity contribution in [3.05, 3.63) is 29.6 Å². The number of rotatable bonds is 1. The van der Waals surface area contributed by atoms with Crippen LogP contribution >= 0.6 is 0 Å². The van der Waals surface area contributed by atoms with Crippen LogP contribution in [0.5, 0.6) is 0 Å². The Kier molecular flexibility index (Phi) is 2.65. The van der Waals surface area contributed by atoms with E-state index in [0.717, 1.165) is 16.8 Å². The average molecular weight is 231 g/mol. The topological polar surface area (TPSA) is 64.9 Å². The van der Waals surface area contributed by atoms with E-state index in [9.17, 15) is 0 Å². The van der Waals surface area contributed by atoms with Gasteiger partial charge in [-0.3, -0.25) is 0 Å². The van der Waals surface area contributed by atoms with Gasteiger partial charge >= 0.3 is 0 Å². The standard InChI is InChI=1S/C13H17N3O/c1-8-7-9(5-6-10(8)14)11-15-12(16-17-11)13(2,3)4/h5-7H,14H2,1-4H3. The molecule has 0 aliphatic heterocycles. The molecule has 0 atom stereocenters. The Labute approximate surface area is 101 Å². The molecule has 0 fully saturated rings. The average Bonchev–Trinajstić information content (AvgIpc) is 2.70. The second-order valence-corrected chi connectivity index (χ2v) is 5.24. The summed E-state index contributed by atoms with van der Waals surface area (Å²) in [4.78, 5) is 4.40. The molecule has 4 heteroatoms. The summed E-state index contributed by atoms with van der Waals surface area (Å²) >= 11 is 0. The van der Waals surface area contributed by atoms with Crippen LogP contribution in [0, 0.1) is 6.92 Å². The molecule has 0 amide bonds. The quantitative estimate of drug-likeness (QED) is 0.766. The summed E-state index contributed by atoms with van der Waals surface area (Å²) in [7, 11) is 0. The summed E-state index contributed by atoms with van der Waals surface area (Å²) in [6.07, 6.45) is 0. The largest absolute Gasteiger partial charge is 0.399 e. The van der Waals surface area contributed by atoms with Crippen LogP contribution in [0.15, 0.2) is 22.7 Å². The molecular weight excluding hydrogens is 214 g/mol. The molecule has 17 heavy (non-hydrogen) atoms. The minimum atomic E-state index is -0.107. The first-order valence-corrected chi connectivity index (χ1v) is 5.58. The van der Waals surface area contributed by atoms with Crippen molar-refractivity contribution in [3.8, 4) is 11.5 Å². The molecule has 1 aromatic carbocycles. The lowest BCUT2D eigenvalue weighted by molar-refractivity contribution is 0.402. The van der Waals surface area contributed by atoms with Crippen LogP contribution in [0.1, 0.15) is 32.2 Å². The van der Waals surface area contributed by atoms with Gasteiger partial charge in [-0.25, -0.2) is 0 Å². The van der Waals surface area contributed by atoms with Crippen molar-refractivity contribution in [3.63, 3.8) is 0 Å². The van der Waals surface area contributed by atoms with Gasteiger partial charge in [0.05, 0.1) is 0 Å². The Bertz CT molecular complexity index is 538. The Balaban J connectivity index is 2.40. The zero-order chi connectivity index (χ0) is 12.6. The Hall–Kier alpha value is -1.84. The third kappa shape index (κ3) is 2.30. The van der Waals surface area contributed by atoms with E-state index in [2.05, 4.69) is 30.9 Å². The summed E-state index contributed by atoms with van der Waals surface area (Å²) < 4.78 is 5.27. The highest BCUT2D eigenvalue weighted by Gasteiger charge is 2.21. The van der Waals surface area contributed by atoms with E-state index in [1.807, 2.05) is 25.1 Å². The van der Waals surface area contributed by atoms with Crippen molar-refractivity contribution in [1.29, 1.82) is 0 Å². The third-order valence-corrected chi connectivity index (χ3v) is 2.61. The van der Waals surface area contributed by atoms with Gasteiger partial charge in [-0.1, -0.05) is 25.9 Å². The second kappa shape index (κ2) is 3.87. The van der Waals surface area contributed by atoms with Gasteiger partial charge in [0.25, 0.3) is 5.89 Å². The first kappa shape index (κ1) is 11.6. The number of nitrogens with zero attached hydrogens (tertiary/aromatic N) is 2. The maximum Gasteiger partial charge on any atom is 0.257 e. The van der Waals surface area contributed by atoms with E-state index < -0.39 is 0 Å². The molecule has 0 spiro atoms. The fraction of sp³-hybridized carbons (Fsp3) is 0.385. The van der Waals surface area contributed by atoms with Crippen LogP contribution in [0.2, 0.25) is 0 Å². The highest BCUT2D eigenvalue weighted by Crippen LogP contribution is 2.25. The van der Waals surface area contributed by atoms with Gasteiger partial charge in [-0.05, 0) is 30.7 Å². The molecule has 1 aromatic heterocycles. The van der Waals surface area contributed by atoms with Crippen molar-refractivity contribution in [2.24, 2.45) is 0 Å². The van der Waals surface area contributed by atoms with Gasteiger partial charge < -0.3 is 10.3 Å². The lowest BCUT2D eigenvalue weighted by atomic mass is 9.96. The molecule has 0 bridgehead atoms. The fourth-order valence-corrected chi connectivity index (χ4v) is 1.45. The van der Waals surface area contributed by atoms with Crippen LogP contribution < -0.4 is 5.73 Å². The SMILES string of the molecule is Cc1cc(-c2nc(C(C)(C)C)no2)ccc1N. The number of aryl methyl sites for hydroxylation is 1. The van der Waals surface area contributed by atoms with E-state index in [-0.39, 0.29) is 5.41 Å². The van der Waals surface area contributed by atoms with Crippen LogP contribution in [0.25, 0.3) is 11.5 Å². The minimum absolute atomic E-state index is 0.107. The van der Waals surface area contributed by atoms with Crippen molar-refractivity contribution in [1.82, 2.24) is 10.1 Å². The van der Waals surface area contributed by atoms with Crippen molar-refractivity contribution in [2.45, 2.75) is 33.1 Å². The molecule has 0 saturated heterocycles. The summed E-state index contributed by atoms with van der Waals surface area (Å²) in [6.45, 7) is 8.11. The number of hydrogen-bond acceptors (Lipinski definition) is 4. The first-order valence-electron chi connectivity index (χ1n) is 5.58. The third-order valence-electron chi connectivity index (χ3n) is 2.61. The molecule has 2 aromatic rings. The minimum Gasteiger partial charge on any atom is -0.399 e. The molecule has 0 aliphatic rings. The smallest absolute Gasteiger partial charge is 0.257 e. The van der Waals surface area contributed by atoms with Gasteiger partial charge in [-0.2, -0.15) is 4.98 Å². The highest BCUT2D eigenvalue weighted by molar-refractivity contribution is 5.60. The number of aromatic nitrogens is 2. The molecule has 2 N–H and O–H groups in total. The molecule has 4 nitrogen and oxygen atoms in total. The van der Waals surface area contributed by atoms with Crippen LogP contribution in [0.4, 0.5) is 5.69 Å². The van der Waals surface area contributed by atoms with Crippen LogP contribution in [0.3, 0.4) is 0 Å². The summed E-state index contributed by atoms with van der Waals surface area (Å²) in [6, 6.07) is 5.70. The van der Waals surface area contributed by atoms with E-state index >= 15 is 0 Å². The highest BCUT2D eigenvalue weighted by atomic mass is 16.5. The van der Waals surface area contributed by atoms with Crippen molar-refractivity contribution >= 4 is 5.69 Å². The number of benzene rings is 1. The molecule has 1 heterocycles. The van der Waals surface area contributed by atoms with Crippen molar-refractivity contribution in [2.75, 3.05) is 5.73 Å². The van der Waals surface area contributed by atoms with E-state index in [4.69, 9.17) is 10.3 Å². The zero-order valence-corrected chi connectivity index (χ0v) is 10.6. The van der Waals surface area contributed by atoms with Gasteiger partial charge in [0.2, 0.25) is 0 Å². The van der Waals surface area contributed by atoms with E-state index in [1.54, 1.807) is 0 Å². The molecule has 90 valence electrons. The Morgan fingerprint density at radius 3 is 2.47 bits per heavy atom. The number of nitrogens with two attached hydrogens (primary N) is 1. The normalized spacial score (nSPS) is 11.8. The first-order chi connectivity index (χ1) is 7.88. The maximum absolute atomic E-state index is 5.77. The fourth-order valence-electron chi connectivity index (χ4n) is 1.45. The van der Waals surface area contributed by atoms with E-state index in [1.165, 1.54) is 0 Å². The number of nitrogen functional groups attached to an aromatic ring is 1. The van der Waals surface area contributed by atoms with Gasteiger partial charge in [-0.15, -0.1) is 0 Å². The van der Waals surface area contributed by atoms with Gasteiger partial charge in [0, 0.05) is 16.7 Å². The van der Waals surface area contributed by atoms with Crippen LogP contribution in [-0.2, 0) is 5.41 Å². The molecular formula is C13H17N3O. The maximum atomic E-state index is 5.77. The molecule has 0 saturated carbocycles. The predicted molar refractivity (Wildman–Crippen MR) is 67.6 cm³/mol. The van der Waals surface area contributed by atoms with E-state index in [0.29, 0.717) is 11.7 Å². The summed E-state index contributed by atoms with van der Waals surface area (Å²) in [5, 5.41) is 4.00. The lowest BCUT2D eigenvalue weighted by Gasteiger charge is -2.10.